The molecule has 0 amide bonds. The lowest BCUT2D eigenvalue weighted by molar-refractivity contribution is 0.428. The first-order valence-electron chi connectivity index (χ1n) is 8.52. The van der Waals surface area contributed by atoms with E-state index in [-0.39, 0.29) is 10.8 Å². The van der Waals surface area contributed by atoms with E-state index in [0.29, 0.717) is 5.76 Å². The number of para-hydroxylation sites is 1. The van der Waals surface area contributed by atoms with E-state index in [1.54, 1.807) is 36.1 Å². The van der Waals surface area contributed by atoms with E-state index in [1.807, 2.05) is 43.5 Å². The molecule has 3 heterocycles. The molecule has 0 aliphatic heterocycles. The van der Waals surface area contributed by atoms with Crippen LogP contribution in [0.1, 0.15) is 11.3 Å². The van der Waals surface area contributed by atoms with E-state index >= 15 is 0 Å². The second-order valence-corrected chi connectivity index (χ2v) is 9.70. The highest BCUT2D eigenvalue weighted by Gasteiger charge is 2.24. The van der Waals surface area contributed by atoms with Crippen LogP contribution in [0.5, 0.6) is 0 Å². The Morgan fingerprint density at radius 2 is 1.96 bits per heavy atom. The Morgan fingerprint density at radius 1 is 1.18 bits per heavy atom. The minimum atomic E-state index is -3.62. The van der Waals surface area contributed by atoms with E-state index in [0.717, 1.165) is 33.2 Å². The van der Waals surface area contributed by atoms with Gasteiger partial charge in [0.2, 0.25) is 0 Å². The van der Waals surface area contributed by atoms with Crippen molar-refractivity contribution in [2.75, 3.05) is 7.05 Å². The predicted octanol–water partition coefficient (Wildman–Crippen LogP) is 3.72. The summed E-state index contributed by atoms with van der Waals surface area (Å²) in [6, 6.07) is 14.8. The Labute approximate surface area is 166 Å². The molecule has 1 aromatic carbocycles. The van der Waals surface area contributed by atoms with Crippen molar-refractivity contribution in [2.24, 2.45) is 0 Å². The molecule has 0 spiro atoms. The monoisotopic (exact) mass is 414 g/mol. The summed E-state index contributed by atoms with van der Waals surface area (Å²) < 4.78 is 34.4. The maximum atomic E-state index is 12.9. The maximum absolute atomic E-state index is 12.9. The van der Waals surface area contributed by atoms with Gasteiger partial charge in [0, 0.05) is 31.4 Å². The Hall–Kier alpha value is -2.75. The molecule has 144 valence electrons. The minimum absolute atomic E-state index is 0.226. The normalized spacial score (nSPS) is 12.0. The van der Waals surface area contributed by atoms with Crippen LogP contribution in [-0.2, 0) is 16.6 Å². The fourth-order valence-electron chi connectivity index (χ4n) is 2.73. The van der Waals surface area contributed by atoms with Crippen LogP contribution in [-0.4, -0.2) is 34.7 Å². The van der Waals surface area contributed by atoms with Gasteiger partial charge in [-0.2, -0.15) is 9.40 Å². The second-order valence-electron chi connectivity index (χ2n) is 6.34. The van der Waals surface area contributed by atoms with E-state index in [1.165, 1.54) is 4.31 Å². The first kappa shape index (κ1) is 18.6. The largest absolute Gasteiger partial charge is 0.355 e. The van der Waals surface area contributed by atoms with Crippen LogP contribution in [0.15, 0.2) is 69.7 Å². The molecule has 28 heavy (non-hydrogen) atoms. The zero-order valence-corrected chi connectivity index (χ0v) is 16.9. The van der Waals surface area contributed by atoms with Crippen LogP contribution in [0.4, 0.5) is 0 Å². The second kappa shape index (κ2) is 7.34. The quantitative estimate of drug-likeness (QED) is 0.480. The molecule has 0 saturated carbocycles. The molecule has 0 fully saturated rings. The number of hydrogen-bond donors (Lipinski definition) is 0. The molecule has 4 aromatic rings. The maximum Gasteiger partial charge on any atom is 0.252 e. The Bertz CT molecular complexity index is 1190. The van der Waals surface area contributed by atoms with E-state index in [4.69, 9.17) is 4.52 Å². The van der Waals surface area contributed by atoms with Gasteiger partial charge in [-0.25, -0.2) is 13.1 Å². The van der Waals surface area contributed by atoms with Gasteiger partial charge in [-0.1, -0.05) is 23.4 Å². The van der Waals surface area contributed by atoms with Crippen molar-refractivity contribution >= 4 is 21.4 Å². The van der Waals surface area contributed by atoms with Gasteiger partial charge in [0.15, 0.2) is 5.76 Å². The lowest BCUT2D eigenvalue weighted by atomic mass is 10.3. The van der Waals surface area contributed by atoms with Crippen molar-refractivity contribution < 1.29 is 12.9 Å². The fourth-order valence-corrected chi connectivity index (χ4v) is 5.35. The number of hydrogen-bond acceptors (Lipinski definition) is 6. The smallest absolute Gasteiger partial charge is 0.252 e. The third-order valence-corrected chi connectivity index (χ3v) is 7.55. The van der Waals surface area contributed by atoms with Gasteiger partial charge in [0.05, 0.1) is 22.5 Å². The number of rotatable bonds is 6. The summed E-state index contributed by atoms with van der Waals surface area (Å²) in [5.41, 5.74) is 2.47. The van der Waals surface area contributed by atoms with Gasteiger partial charge in [-0.3, -0.25) is 0 Å². The molecule has 0 aliphatic carbocycles. The standard InChI is InChI=1S/C19H18N4O3S2/c1-14-10-17(26-21-14)18-8-9-19(27-18)28(24,25)22(2)12-15-11-20-23(13-15)16-6-4-3-5-7-16/h3-11,13H,12H2,1-2H3. The summed E-state index contributed by atoms with van der Waals surface area (Å²) in [4.78, 5) is 0.726. The van der Waals surface area contributed by atoms with Crippen LogP contribution < -0.4 is 0 Å². The fraction of sp³-hybridized carbons (Fsp3) is 0.158. The van der Waals surface area contributed by atoms with E-state index in [2.05, 4.69) is 10.3 Å². The average Bonchev–Trinajstić information content (AvgIpc) is 3.42. The van der Waals surface area contributed by atoms with E-state index in [9.17, 15) is 8.42 Å². The molecule has 7 nitrogen and oxygen atoms in total. The highest BCUT2D eigenvalue weighted by atomic mass is 32.2. The molecular weight excluding hydrogens is 396 g/mol. The zero-order valence-electron chi connectivity index (χ0n) is 15.3. The van der Waals surface area contributed by atoms with Crippen LogP contribution >= 0.6 is 11.3 Å². The first-order chi connectivity index (χ1) is 13.4. The number of sulfonamides is 1. The Morgan fingerprint density at radius 3 is 2.68 bits per heavy atom. The van der Waals surface area contributed by atoms with Crippen LogP contribution in [0.2, 0.25) is 0 Å². The summed E-state index contributed by atoms with van der Waals surface area (Å²) in [6.45, 7) is 2.05. The summed E-state index contributed by atoms with van der Waals surface area (Å²) in [7, 11) is -2.06. The highest BCUT2D eigenvalue weighted by Crippen LogP contribution is 2.32. The molecule has 0 saturated heterocycles. The number of nitrogens with zero attached hydrogens (tertiary/aromatic N) is 4. The molecule has 0 unspecified atom stereocenters. The number of benzene rings is 1. The van der Waals surface area contributed by atoms with Gasteiger partial charge in [0.25, 0.3) is 10.0 Å². The van der Waals surface area contributed by atoms with Gasteiger partial charge < -0.3 is 4.52 Å². The van der Waals surface area contributed by atoms with Crippen molar-refractivity contribution in [3.05, 3.63) is 72.2 Å². The van der Waals surface area contributed by atoms with Crippen LogP contribution in [0.3, 0.4) is 0 Å². The van der Waals surface area contributed by atoms with Crippen molar-refractivity contribution in [1.29, 1.82) is 0 Å². The summed E-state index contributed by atoms with van der Waals surface area (Å²) in [5.74, 6) is 0.566. The Balaban J connectivity index is 1.52. The van der Waals surface area contributed by atoms with Crippen molar-refractivity contribution in [3.63, 3.8) is 0 Å². The zero-order chi connectivity index (χ0) is 19.7. The van der Waals surface area contributed by atoms with Crippen molar-refractivity contribution in [1.82, 2.24) is 19.2 Å². The van der Waals surface area contributed by atoms with Gasteiger partial charge in [-0.05, 0) is 31.2 Å². The molecule has 9 heteroatoms. The van der Waals surface area contributed by atoms with Crippen molar-refractivity contribution in [2.45, 2.75) is 17.7 Å². The molecular formula is C19H18N4O3S2. The summed E-state index contributed by atoms with van der Waals surface area (Å²) in [5, 5.41) is 8.16. The molecule has 0 atom stereocenters. The first-order valence-corrected chi connectivity index (χ1v) is 10.8. The van der Waals surface area contributed by atoms with Gasteiger partial charge in [0.1, 0.15) is 4.21 Å². The lowest BCUT2D eigenvalue weighted by Crippen LogP contribution is -2.25. The van der Waals surface area contributed by atoms with Gasteiger partial charge >= 0.3 is 0 Å². The third-order valence-electron chi connectivity index (χ3n) is 4.18. The Kier molecular flexibility index (Phi) is 4.88. The molecule has 0 N–H and O–H groups in total. The van der Waals surface area contributed by atoms with Crippen LogP contribution in [0.25, 0.3) is 16.3 Å². The van der Waals surface area contributed by atoms with Gasteiger partial charge in [-0.15, -0.1) is 11.3 Å². The topological polar surface area (TPSA) is 81.2 Å². The number of aromatic nitrogens is 3. The third kappa shape index (κ3) is 3.64. The number of aryl methyl sites for hydroxylation is 1. The predicted molar refractivity (Wildman–Crippen MR) is 107 cm³/mol. The minimum Gasteiger partial charge on any atom is -0.355 e. The SMILES string of the molecule is Cc1cc(-c2ccc(S(=O)(=O)N(C)Cc3cnn(-c4ccccc4)c3)s2)on1. The number of thiophene rings is 1. The average molecular weight is 415 g/mol. The summed E-state index contributed by atoms with van der Waals surface area (Å²) in [6.07, 6.45) is 3.51. The van der Waals surface area contributed by atoms with Crippen molar-refractivity contribution in [3.8, 4) is 16.3 Å². The highest BCUT2D eigenvalue weighted by molar-refractivity contribution is 7.91. The molecule has 0 aliphatic rings. The van der Waals surface area contributed by atoms with E-state index < -0.39 is 10.0 Å². The molecule has 0 bridgehead atoms. The summed E-state index contributed by atoms with van der Waals surface area (Å²) >= 11 is 1.16. The molecule has 4 rings (SSSR count). The lowest BCUT2D eigenvalue weighted by Gasteiger charge is -2.14. The molecule has 3 aromatic heterocycles. The molecule has 0 radical (unpaired) electrons. The van der Waals surface area contributed by atoms with Crippen LogP contribution in [0, 0.1) is 6.92 Å².